The number of carbonyl (C=O) groups is 2. The number of hydrogen-bond acceptors (Lipinski definition) is 4. The molecule has 0 fully saturated rings. The van der Waals surface area contributed by atoms with Crippen LogP contribution in [0.3, 0.4) is 0 Å². The second-order valence-electron chi connectivity index (χ2n) is 4.93. The molecular weight excluding hydrogens is 361 g/mol. The van der Waals surface area contributed by atoms with Gasteiger partial charge in [0.15, 0.2) is 6.61 Å². The highest BCUT2D eigenvalue weighted by molar-refractivity contribution is 6.31. The lowest BCUT2D eigenvalue weighted by molar-refractivity contribution is -0.137. The molecule has 0 radical (unpaired) electrons. The molecule has 0 spiro atoms. The molecular formula is C16H12ClF3N2O3. The highest BCUT2D eigenvalue weighted by atomic mass is 35.5. The van der Waals surface area contributed by atoms with Crippen molar-refractivity contribution in [1.82, 2.24) is 0 Å². The van der Waals surface area contributed by atoms with E-state index < -0.39 is 30.2 Å². The number of amides is 1. The third kappa shape index (κ3) is 5.12. The lowest BCUT2D eigenvalue weighted by Gasteiger charge is -2.10. The highest BCUT2D eigenvalue weighted by Crippen LogP contribution is 2.30. The van der Waals surface area contributed by atoms with Gasteiger partial charge in [0.25, 0.3) is 5.91 Å². The highest BCUT2D eigenvalue weighted by Gasteiger charge is 2.30. The Hall–Kier alpha value is -2.74. The van der Waals surface area contributed by atoms with Crippen LogP contribution >= 0.6 is 11.6 Å². The predicted molar refractivity (Wildman–Crippen MR) is 86.2 cm³/mol. The molecule has 3 N–H and O–H groups in total. The van der Waals surface area contributed by atoms with Crippen LogP contribution in [0.25, 0.3) is 0 Å². The summed E-state index contributed by atoms with van der Waals surface area (Å²) in [6, 6.07) is 8.20. The standard InChI is InChI=1S/C16H12ClF3N2O3/c17-10-4-5-12(13(21)7-10)15(24)25-8-14(23)22-11-3-1-2-9(6-11)16(18,19)20/h1-7H,8,21H2,(H,22,23). The van der Waals surface area contributed by atoms with Gasteiger partial charge in [-0.25, -0.2) is 4.79 Å². The van der Waals surface area contributed by atoms with Crippen molar-refractivity contribution in [1.29, 1.82) is 0 Å². The lowest BCUT2D eigenvalue weighted by atomic mass is 10.2. The maximum atomic E-state index is 12.6. The van der Waals surface area contributed by atoms with Gasteiger partial charge in [-0.1, -0.05) is 17.7 Å². The van der Waals surface area contributed by atoms with Crippen molar-refractivity contribution < 1.29 is 27.5 Å². The quantitative estimate of drug-likeness (QED) is 0.633. The van der Waals surface area contributed by atoms with Gasteiger partial charge in [-0.2, -0.15) is 13.2 Å². The van der Waals surface area contributed by atoms with Gasteiger partial charge in [0, 0.05) is 16.4 Å². The first-order chi connectivity index (χ1) is 11.7. The van der Waals surface area contributed by atoms with Crippen LogP contribution in [0.15, 0.2) is 42.5 Å². The summed E-state index contributed by atoms with van der Waals surface area (Å²) in [6.45, 7) is -0.683. The van der Waals surface area contributed by atoms with Crippen molar-refractivity contribution in [2.75, 3.05) is 17.7 Å². The molecule has 5 nitrogen and oxygen atoms in total. The SMILES string of the molecule is Nc1cc(Cl)ccc1C(=O)OCC(=O)Nc1cccc(C(F)(F)F)c1. The average Bonchev–Trinajstić information content (AvgIpc) is 2.52. The Kier molecular flexibility index (Phi) is 5.53. The molecule has 2 aromatic rings. The zero-order chi connectivity index (χ0) is 18.6. The molecule has 25 heavy (non-hydrogen) atoms. The summed E-state index contributed by atoms with van der Waals surface area (Å²) >= 11 is 5.71. The molecule has 0 aromatic heterocycles. The predicted octanol–water partition coefficient (Wildman–Crippen LogP) is 3.74. The summed E-state index contributed by atoms with van der Waals surface area (Å²) in [4.78, 5) is 23.6. The number of carbonyl (C=O) groups excluding carboxylic acids is 2. The minimum atomic E-state index is -4.53. The molecule has 0 bridgehead atoms. The fourth-order valence-electron chi connectivity index (χ4n) is 1.90. The van der Waals surface area contributed by atoms with E-state index in [0.29, 0.717) is 5.02 Å². The Labute approximate surface area is 145 Å². The van der Waals surface area contributed by atoms with Crippen LogP contribution in [0.4, 0.5) is 24.5 Å². The monoisotopic (exact) mass is 372 g/mol. The number of rotatable bonds is 4. The Morgan fingerprint density at radius 1 is 1.16 bits per heavy atom. The zero-order valence-corrected chi connectivity index (χ0v) is 13.3. The molecule has 0 heterocycles. The van der Waals surface area contributed by atoms with Gasteiger partial charge in [-0.05, 0) is 36.4 Å². The van der Waals surface area contributed by atoms with Gasteiger partial charge in [-0.3, -0.25) is 4.79 Å². The fourth-order valence-corrected chi connectivity index (χ4v) is 2.08. The van der Waals surface area contributed by atoms with E-state index in [9.17, 15) is 22.8 Å². The Balaban J connectivity index is 1.96. The molecule has 9 heteroatoms. The number of nitrogens with one attached hydrogen (secondary N) is 1. The van der Waals surface area contributed by atoms with Gasteiger partial charge in [0.05, 0.1) is 11.1 Å². The molecule has 0 aliphatic carbocycles. The van der Waals surface area contributed by atoms with Crippen LogP contribution in [-0.2, 0) is 15.7 Å². The van der Waals surface area contributed by atoms with E-state index in [1.54, 1.807) is 0 Å². The smallest absolute Gasteiger partial charge is 0.416 e. The number of halogens is 4. The number of benzene rings is 2. The molecule has 0 aliphatic rings. The Morgan fingerprint density at radius 2 is 1.88 bits per heavy atom. The first kappa shape index (κ1) is 18.6. The molecule has 0 saturated carbocycles. The summed E-state index contributed by atoms with van der Waals surface area (Å²) in [5.74, 6) is -1.64. The normalized spacial score (nSPS) is 11.0. The molecule has 0 unspecified atom stereocenters. The Morgan fingerprint density at radius 3 is 2.52 bits per heavy atom. The van der Waals surface area contributed by atoms with Crippen molar-refractivity contribution in [2.24, 2.45) is 0 Å². The molecule has 0 saturated heterocycles. The molecule has 0 atom stereocenters. The summed E-state index contributed by atoms with van der Waals surface area (Å²) in [6.07, 6.45) is -4.53. The van der Waals surface area contributed by atoms with Gasteiger partial charge < -0.3 is 15.8 Å². The minimum Gasteiger partial charge on any atom is -0.452 e. The summed E-state index contributed by atoms with van der Waals surface area (Å²) in [5.41, 5.74) is 4.75. The fraction of sp³-hybridized carbons (Fsp3) is 0.125. The van der Waals surface area contributed by atoms with E-state index in [-0.39, 0.29) is 16.9 Å². The van der Waals surface area contributed by atoms with Crippen molar-refractivity contribution in [3.8, 4) is 0 Å². The number of hydrogen-bond donors (Lipinski definition) is 2. The molecule has 1 amide bonds. The molecule has 2 rings (SSSR count). The maximum absolute atomic E-state index is 12.6. The zero-order valence-electron chi connectivity index (χ0n) is 12.6. The van der Waals surface area contributed by atoms with Crippen LogP contribution in [0.5, 0.6) is 0 Å². The van der Waals surface area contributed by atoms with Gasteiger partial charge in [-0.15, -0.1) is 0 Å². The minimum absolute atomic E-state index is 0.0243. The first-order valence-electron chi connectivity index (χ1n) is 6.86. The second kappa shape index (κ2) is 7.43. The van der Waals surface area contributed by atoms with Crippen LogP contribution < -0.4 is 11.1 Å². The van der Waals surface area contributed by atoms with Crippen molar-refractivity contribution in [3.05, 3.63) is 58.6 Å². The summed E-state index contributed by atoms with van der Waals surface area (Å²) < 4.78 is 42.6. The van der Waals surface area contributed by atoms with E-state index in [0.717, 1.165) is 18.2 Å². The van der Waals surface area contributed by atoms with Crippen molar-refractivity contribution in [2.45, 2.75) is 6.18 Å². The third-order valence-corrected chi connectivity index (χ3v) is 3.28. The number of nitrogen functional groups attached to an aromatic ring is 1. The van der Waals surface area contributed by atoms with Crippen molar-refractivity contribution >= 4 is 34.9 Å². The number of nitrogens with two attached hydrogens (primary N) is 1. The van der Waals surface area contributed by atoms with E-state index >= 15 is 0 Å². The number of anilines is 2. The van der Waals surface area contributed by atoms with Crippen LogP contribution in [0.1, 0.15) is 15.9 Å². The largest absolute Gasteiger partial charge is 0.452 e. The van der Waals surface area contributed by atoms with Crippen molar-refractivity contribution in [3.63, 3.8) is 0 Å². The average molecular weight is 373 g/mol. The Bertz CT molecular complexity index is 809. The summed E-state index contributed by atoms with van der Waals surface area (Å²) in [5, 5.41) is 2.55. The van der Waals surface area contributed by atoms with E-state index in [2.05, 4.69) is 5.32 Å². The maximum Gasteiger partial charge on any atom is 0.416 e. The number of alkyl halides is 3. The topological polar surface area (TPSA) is 81.4 Å². The van der Waals surface area contributed by atoms with Gasteiger partial charge in [0.1, 0.15) is 0 Å². The number of esters is 1. The van der Waals surface area contributed by atoms with Crippen LogP contribution in [0.2, 0.25) is 5.02 Å². The molecule has 132 valence electrons. The first-order valence-corrected chi connectivity index (χ1v) is 7.24. The van der Waals surface area contributed by atoms with Gasteiger partial charge >= 0.3 is 12.1 Å². The van der Waals surface area contributed by atoms with E-state index in [1.165, 1.54) is 24.3 Å². The van der Waals surface area contributed by atoms with E-state index in [1.807, 2.05) is 0 Å². The third-order valence-electron chi connectivity index (χ3n) is 3.04. The molecule has 0 aliphatic heterocycles. The lowest BCUT2D eigenvalue weighted by Crippen LogP contribution is -2.21. The summed E-state index contributed by atoms with van der Waals surface area (Å²) in [7, 11) is 0. The van der Waals surface area contributed by atoms with Crippen LogP contribution in [-0.4, -0.2) is 18.5 Å². The van der Waals surface area contributed by atoms with Crippen LogP contribution in [0, 0.1) is 0 Å². The molecule has 2 aromatic carbocycles. The van der Waals surface area contributed by atoms with E-state index in [4.69, 9.17) is 22.1 Å². The second-order valence-corrected chi connectivity index (χ2v) is 5.37. The van der Waals surface area contributed by atoms with Gasteiger partial charge in [0.2, 0.25) is 0 Å². The number of ether oxygens (including phenoxy) is 1.